The summed E-state index contributed by atoms with van der Waals surface area (Å²) in [6.45, 7) is 3.70. The lowest BCUT2D eigenvalue weighted by molar-refractivity contribution is 0.624. The molecule has 0 bridgehead atoms. The van der Waals surface area contributed by atoms with Crippen molar-refractivity contribution in [2.45, 2.75) is 19.9 Å². The van der Waals surface area contributed by atoms with Crippen molar-refractivity contribution in [3.8, 4) is 0 Å². The van der Waals surface area contributed by atoms with Crippen molar-refractivity contribution >= 4 is 40.5 Å². The Morgan fingerprint density at radius 2 is 1.95 bits per heavy atom. The quantitative estimate of drug-likeness (QED) is 0.579. The molecule has 2 rings (SSSR count). The maximum Gasteiger partial charge on any atom is 0.142 e. The Morgan fingerprint density at radius 3 is 2.60 bits per heavy atom. The minimum Gasteiger partial charge on any atom is -0.377 e. The zero-order valence-corrected chi connectivity index (χ0v) is 13.1. The molecular formula is C14H12Cl3FN2. The van der Waals surface area contributed by atoms with Gasteiger partial charge in [-0.2, -0.15) is 0 Å². The minimum atomic E-state index is -0.495. The first-order chi connectivity index (χ1) is 9.40. The molecule has 1 unspecified atom stereocenters. The molecule has 1 heterocycles. The van der Waals surface area contributed by atoms with Gasteiger partial charge >= 0.3 is 0 Å². The molecule has 0 amide bonds. The summed E-state index contributed by atoms with van der Waals surface area (Å²) in [7, 11) is 0. The van der Waals surface area contributed by atoms with E-state index in [0.717, 1.165) is 11.3 Å². The first-order valence-corrected chi connectivity index (χ1v) is 7.05. The SMILES string of the molecule is Cc1cc(NC(C)c2c(Cl)ccc(F)c2Cl)cnc1Cl. The summed E-state index contributed by atoms with van der Waals surface area (Å²) in [5, 5.41) is 4.06. The standard InChI is InChI=1S/C14H12Cl3FN2/c1-7-5-9(6-19-14(7)17)20-8(2)12-10(15)3-4-11(18)13(12)16/h3-6,8,20H,1-2H3. The van der Waals surface area contributed by atoms with Gasteiger partial charge in [0.1, 0.15) is 11.0 Å². The van der Waals surface area contributed by atoms with Crippen molar-refractivity contribution in [2.75, 3.05) is 5.32 Å². The first kappa shape index (κ1) is 15.4. The summed E-state index contributed by atoms with van der Waals surface area (Å²) < 4.78 is 13.5. The Labute approximate surface area is 131 Å². The molecule has 1 atom stereocenters. The molecule has 0 aliphatic heterocycles. The Bertz CT molecular complexity index is 647. The summed E-state index contributed by atoms with van der Waals surface area (Å²) in [5.74, 6) is -0.495. The van der Waals surface area contributed by atoms with E-state index in [2.05, 4.69) is 10.3 Å². The molecule has 20 heavy (non-hydrogen) atoms. The van der Waals surface area contributed by atoms with Gasteiger partial charge in [0.05, 0.1) is 22.9 Å². The zero-order valence-electron chi connectivity index (χ0n) is 10.8. The average molecular weight is 334 g/mol. The molecule has 1 aromatic heterocycles. The van der Waals surface area contributed by atoms with Crippen LogP contribution in [0.5, 0.6) is 0 Å². The largest absolute Gasteiger partial charge is 0.377 e. The Balaban J connectivity index is 2.30. The summed E-state index contributed by atoms with van der Waals surface area (Å²) in [6.07, 6.45) is 1.60. The lowest BCUT2D eigenvalue weighted by Crippen LogP contribution is -2.09. The second kappa shape index (κ2) is 6.17. The highest BCUT2D eigenvalue weighted by Gasteiger charge is 2.17. The number of nitrogens with one attached hydrogen (secondary N) is 1. The van der Waals surface area contributed by atoms with E-state index in [4.69, 9.17) is 34.8 Å². The van der Waals surface area contributed by atoms with Gasteiger partial charge in [0.2, 0.25) is 0 Å². The van der Waals surface area contributed by atoms with E-state index in [1.165, 1.54) is 12.1 Å². The number of anilines is 1. The molecule has 2 nitrogen and oxygen atoms in total. The number of rotatable bonds is 3. The van der Waals surface area contributed by atoms with Crippen LogP contribution in [-0.2, 0) is 0 Å². The molecule has 106 valence electrons. The molecule has 0 aliphatic rings. The molecule has 0 aliphatic carbocycles. The van der Waals surface area contributed by atoms with Crippen LogP contribution in [0.1, 0.15) is 24.1 Å². The van der Waals surface area contributed by atoms with E-state index >= 15 is 0 Å². The molecule has 2 aromatic rings. The number of aryl methyl sites for hydroxylation is 1. The molecule has 0 saturated heterocycles. The maximum absolute atomic E-state index is 13.5. The van der Waals surface area contributed by atoms with Crippen molar-refractivity contribution in [1.29, 1.82) is 0 Å². The van der Waals surface area contributed by atoms with Gasteiger partial charge in [-0.1, -0.05) is 34.8 Å². The van der Waals surface area contributed by atoms with Crippen molar-refractivity contribution in [3.63, 3.8) is 0 Å². The third-order valence-electron chi connectivity index (χ3n) is 2.91. The Kier molecular flexibility index (Phi) is 4.74. The molecule has 0 fully saturated rings. The normalized spacial score (nSPS) is 12.3. The summed E-state index contributed by atoms with van der Waals surface area (Å²) in [4.78, 5) is 4.05. The van der Waals surface area contributed by atoms with Crippen LogP contribution in [0, 0.1) is 12.7 Å². The van der Waals surface area contributed by atoms with Crippen LogP contribution in [0.3, 0.4) is 0 Å². The van der Waals surface area contributed by atoms with Gasteiger partial charge in [0.15, 0.2) is 0 Å². The van der Waals surface area contributed by atoms with Gasteiger partial charge < -0.3 is 5.32 Å². The van der Waals surface area contributed by atoms with E-state index in [-0.39, 0.29) is 11.1 Å². The monoisotopic (exact) mass is 332 g/mol. The summed E-state index contributed by atoms with van der Waals surface area (Å²) in [5.41, 5.74) is 2.12. The Morgan fingerprint density at radius 1 is 1.25 bits per heavy atom. The fraction of sp³-hybridized carbons (Fsp3) is 0.214. The number of pyridine rings is 1. The third kappa shape index (κ3) is 3.17. The van der Waals surface area contributed by atoms with Gasteiger partial charge in [0, 0.05) is 10.6 Å². The van der Waals surface area contributed by atoms with Crippen LogP contribution >= 0.6 is 34.8 Å². The van der Waals surface area contributed by atoms with Crippen molar-refractivity contribution in [3.05, 3.63) is 56.5 Å². The molecular weight excluding hydrogens is 322 g/mol. The third-order valence-corrected chi connectivity index (χ3v) is 4.02. The van der Waals surface area contributed by atoms with Crippen LogP contribution in [0.15, 0.2) is 24.4 Å². The predicted octanol–water partition coefficient (Wildman–Crippen LogP) is 5.66. The number of hydrogen-bond acceptors (Lipinski definition) is 2. The highest BCUT2D eigenvalue weighted by atomic mass is 35.5. The van der Waals surface area contributed by atoms with E-state index in [0.29, 0.717) is 15.7 Å². The van der Waals surface area contributed by atoms with Crippen LogP contribution < -0.4 is 5.32 Å². The van der Waals surface area contributed by atoms with Gasteiger partial charge in [-0.15, -0.1) is 0 Å². The minimum absolute atomic E-state index is 0.0242. The van der Waals surface area contributed by atoms with Crippen LogP contribution in [0.2, 0.25) is 15.2 Å². The van der Waals surface area contributed by atoms with E-state index in [1.807, 2.05) is 19.9 Å². The number of benzene rings is 1. The van der Waals surface area contributed by atoms with Crippen LogP contribution in [0.4, 0.5) is 10.1 Å². The molecule has 0 radical (unpaired) electrons. The van der Waals surface area contributed by atoms with Crippen molar-refractivity contribution in [1.82, 2.24) is 4.98 Å². The lowest BCUT2D eigenvalue weighted by atomic mass is 10.1. The summed E-state index contributed by atoms with van der Waals surface area (Å²) >= 11 is 17.9. The zero-order chi connectivity index (χ0) is 14.9. The smallest absolute Gasteiger partial charge is 0.142 e. The molecule has 6 heteroatoms. The van der Waals surface area contributed by atoms with Crippen LogP contribution in [0.25, 0.3) is 0 Å². The number of halogens is 4. The van der Waals surface area contributed by atoms with Gasteiger partial charge in [-0.25, -0.2) is 9.37 Å². The molecule has 1 N–H and O–H groups in total. The highest BCUT2D eigenvalue weighted by Crippen LogP contribution is 2.34. The highest BCUT2D eigenvalue weighted by molar-refractivity contribution is 6.36. The number of nitrogens with zero attached hydrogens (tertiary/aromatic N) is 1. The second-order valence-corrected chi connectivity index (χ2v) is 5.60. The topological polar surface area (TPSA) is 24.9 Å². The van der Waals surface area contributed by atoms with Gasteiger partial charge in [-0.3, -0.25) is 0 Å². The van der Waals surface area contributed by atoms with Crippen LogP contribution in [-0.4, -0.2) is 4.98 Å². The average Bonchev–Trinajstić information content (AvgIpc) is 2.39. The van der Waals surface area contributed by atoms with Crippen molar-refractivity contribution < 1.29 is 4.39 Å². The molecule has 0 spiro atoms. The second-order valence-electron chi connectivity index (χ2n) is 4.45. The Hall–Kier alpha value is -1.03. The van der Waals surface area contributed by atoms with Gasteiger partial charge in [0.25, 0.3) is 0 Å². The number of aromatic nitrogens is 1. The summed E-state index contributed by atoms with van der Waals surface area (Å²) in [6, 6.07) is 4.32. The first-order valence-electron chi connectivity index (χ1n) is 5.92. The predicted molar refractivity (Wildman–Crippen MR) is 82.4 cm³/mol. The maximum atomic E-state index is 13.5. The molecule has 1 aromatic carbocycles. The fourth-order valence-corrected chi connectivity index (χ4v) is 2.70. The van der Waals surface area contributed by atoms with Gasteiger partial charge in [-0.05, 0) is 37.6 Å². The number of hydrogen-bond donors (Lipinski definition) is 1. The van der Waals surface area contributed by atoms with E-state index in [1.54, 1.807) is 6.20 Å². The van der Waals surface area contributed by atoms with E-state index in [9.17, 15) is 4.39 Å². The van der Waals surface area contributed by atoms with Crippen molar-refractivity contribution in [2.24, 2.45) is 0 Å². The van der Waals surface area contributed by atoms with E-state index < -0.39 is 5.82 Å². The lowest BCUT2D eigenvalue weighted by Gasteiger charge is -2.19. The fourth-order valence-electron chi connectivity index (χ4n) is 1.90. The molecule has 0 saturated carbocycles.